The van der Waals surface area contributed by atoms with E-state index in [1.54, 1.807) is 0 Å². The molecule has 0 saturated carbocycles. The van der Waals surface area contributed by atoms with Gasteiger partial charge < -0.3 is 10.6 Å². The average Bonchev–Trinajstić information content (AvgIpc) is 2.89. The molecule has 0 amide bonds. The second kappa shape index (κ2) is 7.06. The Balaban J connectivity index is 1.79. The fourth-order valence-corrected chi connectivity index (χ4v) is 2.74. The molecule has 1 unspecified atom stereocenters. The van der Waals surface area contributed by atoms with Gasteiger partial charge in [0.2, 0.25) is 0 Å². The fourth-order valence-electron chi connectivity index (χ4n) is 2.74. The van der Waals surface area contributed by atoms with E-state index in [0.29, 0.717) is 5.92 Å². The van der Waals surface area contributed by atoms with Crippen molar-refractivity contribution in [2.24, 2.45) is 5.92 Å². The summed E-state index contributed by atoms with van der Waals surface area (Å²) in [5.41, 5.74) is 4.39. The van der Waals surface area contributed by atoms with Gasteiger partial charge in [0.05, 0.1) is 0 Å². The lowest BCUT2D eigenvalue weighted by Crippen LogP contribution is -2.26. The molecule has 2 N–H and O–H groups in total. The first-order chi connectivity index (χ1) is 9.16. The van der Waals surface area contributed by atoms with Crippen LogP contribution in [0.5, 0.6) is 0 Å². The zero-order valence-corrected chi connectivity index (χ0v) is 12.6. The molecule has 1 aliphatic rings. The highest BCUT2D eigenvalue weighted by atomic mass is 14.9. The summed E-state index contributed by atoms with van der Waals surface area (Å²) in [4.78, 5) is 0. The van der Waals surface area contributed by atoms with E-state index in [4.69, 9.17) is 0 Å². The number of hydrogen-bond donors (Lipinski definition) is 2. The zero-order valence-electron chi connectivity index (χ0n) is 12.6. The van der Waals surface area contributed by atoms with Gasteiger partial charge in [0.25, 0.3) is 0 Å². The van der Waals surface area contributed by atoms with E-state index in [-0.39, 0.29) is 0 Å². The number of rotatable bonds is 6. The van der Waals surface area contributed by atoms with Gasteiger partial charge in [0.1, 0.15) is 0 Å². The Morgan fingerprint density at radius 2 is 2.21 bits per heavy atom. The molecule has 0 aromatic heterocycles. The Kier molecular flexibility index (Phi) is 5.41. The lowest BCUT2D eigenvalue weighted by molar-refractivity contribution is 0.515. The Bertz CT molecular complexity index is 392. The molecular weight excluding hydrogens is 232 g/mol. The summed E-state index contributed by atoms with van der Waals surface area (Å²) in [5, 5.41) is 7.03. The van der Waals surface area contributed by atoms with Crippen molar-refractivity contribution in [2.75, 3.05) is 26.2 Å². The molecule has 0 spiro atoms. The summed E-state index contributed by atoms with van der Waals surface area (Å²) >= 11 is 0. The van der Waals surface area contributed by atoms with Crippen LogP contribution in [0.4, 0.5) is 0 Å². The maximum atomic E-state index is 3.61. The van der Waals surface area contributed by atoms with Gasteiger partial charge in [-0.05, 0) is 74.5 Å². The van der Waals surface area contributed by atoms with Crippen molar-refractivity contribution in [2.45, 2.75) is 39.5 Å². The van der Waals surface area contributed by atoms with Crippen LogP contribution in [0.1, 0.15) is 42.9 Å². The van der Waals surface area contributed by atoms with Gasteiger partial charge in [-0.15, -0.1) is 0 Å². The molecule has 0 aliphatic carbocycles. The quantitative estimate of drug-likeness (QED) is 0.769. The van der Waals surface area contributed by atoms with Crippen LogP contribution >= 0.6 is 0 Å². The highest BCUT2D eigenvalue weighted by molar-refractivity contribution is 5.32. The lowest BCUT2D eigenvalue weighted by atomic mass is 9.96. The molecule has 106 valence electrons. The topological polar surface area (TPSA) is 24.1 Å². The third kappa shape index (κ3) is 4.32. The molecule has 19 heavy (non-hydrogen) atoms. The monoisotopic (exact) mass is 260 g/mol. The molecule has 1 fully saturated rings. The minimum atomic E-state index is 0.622. The SMILES string of the molecule is Cc1ccc(C(C)C)cc1CCNCC1CCNC1. The Hall–Kier alpha value is -0.860. The minimum Gasteiger partial charge on any atom is -0.316 e. The van der Waals surface area contributed by atoms with Crippen LogP contribution < -0.4 is 10.6 Å². The Morgan fingerprint density at radius 3 is 2.89 bits per heavy atom. The van der Waals surface area contributed by atoms with Gasteiger partial charge in [-0.25, -0.2) is 0 Å². The third-order valence-corrected chi connectivity index (χ3v) is 4.21. The van der Waals surface area contributed by atoms with Crippen molar-refractivity contribution >= 4 is 0 Å². The van der Waals surface area contributed by atoms with Crippen LogP contribution in [0.15, 0.2) is 18.2 Å². The summed E-state index contributed by atoms with van der Waals surface area (Å²) in [6.45, 7) is 11.4. The molecule has 1 aliphatic heterocycles. The maximum Gasteiger partial charge on any atom is -0.000777 e. The van der Waals surface area contributed by atoms with E-state index in [0.717, 1.165) is 25.4 Å². The van der Waals surface area contributed by atoms with Crippen LogP contribution in [0.2, 0.25) is 0 Å². The fraction of sp³-hybridized carbons (Fsp3) is 0.647. The lowest BCUT2D eigenvalue weighted by Gasteiger charge is -2.13. The van der Waals surface area contributed by atoms with Crippen molar-refractivity contribution in [3.05, 3.63) is 34.9 Å². The van der Waals surface area contributed by atoms with Crippen molar-refractivity contribution in [1.82, 2.24) is 10.6 Å². The predicted molar refractivity (Wildman–Crippen MR) is 82.8 cm³/mol. The van der Waals surface area contributed by atoms with Gasteiger partial charge in [0, 0.05) is 0 Å². The number of benzene rings is 1. The van der Waals surface area contributed by atoms with Crippen molar-refractivity contribution in [3.63, 3.8) is 0 Å². The van der Waals surface area contributed by atoms with Crippen molar-refractivity contribution in [1.29, 1.82) is 0 Å². The Labute approximate surface area is 118 Å². The standard InChI is InChI=1S/C17H28N2/c1-13(2)16-5-4-14(3)17(10-16)7-9-19-12-15-6-8-18-11-15/h4-5,10,13,15,18-19H,6-9,11-12H2,1-3H3. The van der Waals surface area contributed by atoms with E-state index in [1.807, 2.05) is 0 Å². The van der Waals surface area contributed by atoms with E-state index in [9.17, 15) is 0 Å². The van der Waals surface area contributed by atoms with Gasteiger partial charge in [-0.3, -0.25) is 0 Å². The van der Waals surface area contributed by atoms with Crippen LogP contribution in [0, 0.1) is 12.8 Å². The van der Waals surface area contributed by atoms with Gasteiger partial charge in [0.15, 0.2) is 0 Å². The van der Waals surface area contributed by atoms with E-state index >= 15 is 0 Å². The molecule has 1 heterocycles. The normalized spacial score (nSPS) is 19.3. The summed E-state index contributed by atoms with van der Waals surface area (Å²) in [6, 6.07) is 6.92. The van der Waals surface area contributed by atoms with Crippen LogP contribution in [-0.2, 0) is 6.42 Å². The summed E-state index contributed by atoms with van der Waals surface area (Å²) < 4.78 is 0. The van der Waals surface area contributed by atoms with Gasteiger partial charge >= 0.3 is 0 Å². The minimum absolute atomic E-state index is 0.622. The van der Waals surface area contributed by atoms with E-state index < -0.39 is 0 Å². The van der Waals surface area contributed by atoms with Crippen molar-refractivity contribution < 1.29 is 0 Å². The van der Waals surface area contributed by atoms with E-state index in [1.165, 1.54) is 36.2 Å². The van der Waals surface area contributed by atoms with Crippen LogP contribution in [0.3, 0.4) is 0 Å². The molecule has 2 rings (SSSR count). The summed E-state index contributed by atoms with van der Waals surface area (Å²) in [5.74, 6) is 1.46. The second-order valence-electron chi connectivity index (χ2n) is 6.15. The zero-order chi connectivity index (χ0) is 13.7. The van der Waals surface area contributed by atoms with E-state index in [2.05, 4.69) is 49.6 Å². The smallest absolute Gasteiger partial charge is 0.000777 e. The molecule has 0 radical (unpaired) electrons. The average molecular weight is 260 g/mol. The third-order valence-electron chi connectivity index (χ3n) is 4.21. The second-order valence-corrected chi connectivity index (χ2v) is 6.15. The maximum absolute atomic E-state index is 3.61. The molecule has 2 heteroatoms. The van der Waals surface area contributed by atoms with Crippen LogP contribution in [-0.4, -0.2) is 26.2 Å². The molecule has 2 nitrogen and oxygen atoms in total. The molecule has 1 saturated heterocycles. The number of nitrogens with one attached hydrogen (secondary N) is 2. The first-order valence-electron chi connectivity index (χ1n) is 7.67. The highest BCUT2D eigenvalue weighted by Crippen LogP contribution is 2.18. The predicted octanol–water partition coefficient (Wildman–Crippen LogP) is 2.86. The highest BCUT2D eigenvalue weighted by Gasteiger charge is 2.13. The van der Waals surface area contributed by atoms with Gasteiger partial charge in [-0.2, -0.15) is 0 Å². The largest absolute Gasteiger partial charge is 0.316 e. The molecule has 1 atom stereocenters. The van der Waals surface area contributed by atoms with Crippen LogP contribution in [0.25, 0.3) is 0 Å². The molecule has 0 bridgehead atoms. The van der Waals surface area contributed by atoms with Gasteiger partial charge in [-0.1, -0.05) is 32.0 Å². The first-order valence-corrected chi connectivity index (χ1v) is 7.67. The Morgan fingerprint density at radius 1 is 1.37 bits per heavy atom. The molecule has 1 aromatic carbocycles. The summed E-state index contributed by atoms with van der Waals surface area (Å²) in [6.07, 6.45) is 2.47. The molecular formula is C17H28N2. The first kappa shape index (κ1) is 14.5. The summed E-state index contributed by atoms with van der Waals surface area (Å²) in [7, 11) is 0. The van der Waals surface area contributed by atoms with Crippen molar-refractivity contribution in [3.8, 4) is 0 Å². The number of aryl methyl sites for hydroxylation is 1. The molecule has 1 aromatic rings. The number of hydrogen-bond acceptors (Lipinski definition) is 2.